The topological polar surface area (TPSA) is 35.5 Å². The van der Waals surface area contributed by atoms with Crippen molar-refractivity contribution >= 4 is 5.97 Å². The van der Waals surface area contributed by atoms with Gasteiger partial charge in [-0.05, 0) is 61.9 Å². The van der Waals surface area contributed by atoms with Crippen molar-refractivity contribution in [2.24, 2.45) is 0 Å². The van der Waals surface area contributed by atoms with Crippen molar-refractivity contribution in [1.82, 2.24) is 0 Å². The van der Waals surface area contributed by atoms with Crippen molar-refractivity contribution in [2.45, 2.75) is 53.4 Å². The molecule has 0 atom stereocenters. The fraction of sp³-hybridized carbons (Fsp3) is 0.588. The number of rotatable bonds is 7. The first-order chi connectivity index (χ1) is 9.45. The Balaban J connectivity index is 2.51. The molecule has 0 radical (unpaired) electrons. The predicted octanol–water partition coefficient (Wildman–Crippen LogP) is 4.15. The Morgan fingerprint density at radius 3 is 2.30 bits per heavy atom. The Bertz CT molecular complexity index is 427. The van der Waals surface area contributed by atoms with Crippen LogP contribution in [0.4, 0.5) is 0 Å². The Kier molecular flexibility index (Phi) is 6.56. The zero-order valence-corrected chi connectivity index (χ0v) is 13.3. The molecule has 3 heteroatoms. The van der Waals surface area contributed by atoms with Crippen LogP contribution in [0.5, 0.6) is 5.75 Å². The molecule has 0 aromatic heterocycles. The van der Waals surface area contributed by atoms with Crippen LogP contribution in [-0.2, 0) is 9.53 Å². The van der Waals surface area contributed by atoms with Crippen molar-refractivity contribution < 1.29 is 14.3 Å². The van der Waals surface area contributed by atoms with E-state index in [1.54, 1.807) is 0 Å². The van der Waals surface area contributed by atoms with Crippen LogP contribution in [0.15, 0.2) is 12.1 Å². The normalized spacial score (nSPS) is 10.7. The average molecular weight is 278 g/mol. The third-order valence-electron chi connectivity index (χ3n) is 3.24. The first-order valence-corrected chi connectivity index (χ1v) is 7.35. The van der Waals surface area contributed by atoms with Gasteiger partial charge < -0.3 is 9.47 Å². The summed E-state index contributed by atoms with van der Waals surface area (Å²) in [6, 6.07) is 4.15. The highest BCUT2D eigenvalue weighted by Crippen LogP contribution is 2.27. The lowest BCUT2D eigenvalue weighted by Crippen LogP contribution is -2.07. The molecule has 0 heterocycles. The highest BCUT2D eigenvalue weighted by atomic mass is 16.5. The molecule has 0 aliphatic heterocycles. The van der Waals surface area contributed by atoms with Gasteiger partial charge in [-0.15, -0.1) is 0 Å². The van der Waals surface area contributed by atoms with E-state index in [-0.39, 0.29) is 5.97 Å². The zero-order chi connectivity index (χ0) is 15.1. The van der Waals surface area contributed by atoms with E-state index in [9.17, 15) is 4.79 Å². The maximum absolute atomic E-state index is 11.2. The highest BCUT2D eigenvalue weighted by molar-refractivity contribution is 5.69. The summed E-state index contributed by atoms with van der Waals surface area (Å²) in [6.45, 7) is 11.4. The highest BCUT2D eigenvalue weighted by Gasteiger charge is 2.09. The first-order valence-electron chi connectivity index (χ1n) is 7.35. The number of aryl methyl sites for hydroxylation is 2. The van der Waals surface area contributed by atoms with Gasteiger partial charge in [0.15, 0.2) is 0 Å². The molecule has 0 unspecified atom stereocenters. The van der Waals surface area contributed by atoms with E-state index in [0.29, 0.717) is 32.0 Å². The van der Waals surface area contributed by atoms with E-state index < -0.39 is 0 Å². The second-order valence-electron chi connectivity index (χ2n) is 5.38. The van der Waals surface area contributed by atoms with Crippen molar-refractivity contribution in [1.29, 1.82) is 0 Å². The molecule has 0 N–H and O–H groups in total. The van der Waals surface area contributed by atoms with Gasteiger partial charge in [0.25, 0.3) is 0 Å². The largest absolute Gasteiger partial charge is 0.494 e. The van der Waals surface area contributed by atoms with Gasteiger partial charge in [-0.1, -0.05) is 13.8 Å². The van der Waals surface area contributed by atoms with Crippen LogP contribution in [0.3, 0.4) is 0 Å². The fourth-order valence-corrected chi connectivity index (χ4v) is 2.57. The molecule has 0 fully saturated rings. The van der Waals surface area contributed by atoms with Gasteiger partial charge in [-0.3, -0.25) is 4.79 Å². The van der Waals surface area contributed by atoms with E-state index in [0.717, 1.165) is 5.75 Å². The molecule has 0 amide bonds. The number of esters is 1. The summed E-state index contributed by atoms with van der Waals surface area (Å²) in [5.74, 6) is 1.25. The molecule has 0 bridgehead atoms. The summed E-state index contributed by atoms with van der Waals surface area (Å²) < 4.78 is 10.6. The minimum absolute atomic E-state index is 0.154. The van der Waals surface area contributed by atoms with Crippen molar-refractivity contribution in [3.63, 3.8) is 0 Å². The van der Waals surface area contributed by atoms with Crippen LogP contribution < -0.4 is 4.74 Å². The molecule has 0 aliphatic rings. The number of hydrogen-bond donors (Lipinski definition) is 0. The maximum atomic E-state index is 11.2. The Labute approximate surface area is 122 Å². The first kappa shape index (κ1) is 16.5. The summed E-state index contributed by atoms with van der Waals surface area (Å²) >= 11 is 0. The average Bonchev–Trinajstić information content (AvgIpc) is 2.33. The quantitative estimate of drug-likeness (QED) is 0.555. The van der Waals surface area contributed by atoms with Gasteiger partial charge in [0, 0.05) is 6.42 Å². The smallest absolute Gasteiger partial charge is 0.305 e. The second kappa shape index (κ2) is 7.93. The van der Waals surface area contributed by atoms with Crippen LogP contribution in [0.1, 0.15) is 56.2 Å². The monoisotopic (exact) mass is 278 g/mol. The third kappa shape index (κ3) is 4.87. The molecular weight excluding hydrogens is 252 g/mol. The van der Waals surface area contributed by atoms with E-state index in [1.807, 2.05) is 6.92 Å². The summed E-state index contributed by atoms with van der Waals surface area (Å²) in [5.41, 5.74) is 3.92. The fourth-order valence-electron chi connectivity index (χ4n) is 2.57. The zero-order valence-electron chi connectivity index (χ0n) is 13.3. The lowest BCUT2D eigenvalue weighted by molar-refractivity contribution is -0.143. The Morgan fingerprint density at radius 1 is 1.20 bits per heavy atom. The molecule has 3 nitrogen and oxygen atoms in total. The van der Waals surface area contributed by atoms with E-state index >= 15 is 0 Å². The van der Waals surface area contributed by atoms with Gasteiger partial charge in [0.1, 0.15) is 5.75 Å². The van der Waals surface area contributed by atoms with Crippen molar-refractivity contribution in [2.75, 3.05) is 13.2 Å². The molecule has 20 heavy (non-hydrogen) atoms. The minimum atomic E-state index is -0.154. The van der Waals surface area contributed by atoms with Crippen LogP contribution >= 0.6 is 0 Å². The second-order valence-corrected chi connectivity index (χ2v) is 5.38. The van der Waals surface area contributed by atoms with Gasteiger partial charge in [-0.25, -0.2) is 0 Å². The molecule has 1 rings (SSSR count). The number of ether oxygens (including phenoxy) is 2. The molecule has 1 aromatic carbocycles. The molecular formula is C17H26O3. The van der Waals surface area contributed by atoms with E-state index in [2.05, 4.69) is 39.8 Å². The van der Waals surface area contributed by atoms with Gasteiger partial charge in [0.05, 0.1) is 13.2 Å². The lowest BCUT2D eigenvalue weighted by Gasteiger charge is -2.16. The van der Waals surface area contributed by atoms with Crippen molar-refractivity contribution in [3.05, 3.63) is 28.8 Å². The van der Waals surface area contributed by atoms with E-state index in [1.165, 1.54) is 16.7 Å². The SMILES string of the molecule is CCOC(=O)CCCOc1cc(C)c(C(C)C)c(C)c1. The Morgan fingerprint density at radius 2 is 1.80 bits per heavy atom. The number of carbonyl (C=O) groups is 1. The molecule has 1 aromatic rings. The molecule has 0 saturated heterocycles. The molecule has 0 spiro atoms. The molecule has 112 valence electrons. The molecule has 0 saturated carbocycles. The van der Waals surface area contributed by atoms with Crippen LogP contribution in [-0.4, -0.2) is 19.2 Å². The number of hydrogen-bond acceptors (Lipinski definition) is 3. The minimum Gasteiger partial charge on any atom is -0.494 e. The third-order valence-corrected chi connectivity index (χ3v) is 3.24. The summed E-state index contributed by atoms with van der Waals surface area (Å²) in [6.07, 6.45) is 1.10. The van der Waals surface area contributed by atoms with Crippen LogP contribution in [0.25, 0.3) is 0 Å². The number of benzene rings is 1. The predicted molar refractivity (Wildman–Crippen MR) is 81.4 cm³/mol. The summed E-state index contributed by atoms with van der Waals surface area (Å²) in [5, 5.41) is 0. The van der Waals surface area contributed by atoms with E-state index in [4.69, 9.17) is 9.47 Å². The van der Waals surface area contributed by atoms with Gasteiger partial charge >= 0.3 is 5.97 Å². The summed E-state index contributed by atoms with van der Waals surface area (Å²) in [7, 11) is 0. The Hall–Kier alpha value is -1.51. The molecule has 0 aliphatic carbocycles. The van der Waals surface area contributed by atoms with Crippen LogP contribution in [0, 0.1) is 13.8 Å². The lowest BCUT2D eigenvalue weighted by atomic mass is 9.93. The van der Waals surface area contributed by atoms with Crippen LogP contribution in [0.2, 0.25) is 0 Å². The van der Waals surface area contributed by atoms with Gasteiger partial charge in [-0.2, -0.15) is 0 Å². The standard InChI is InChI=1S/C17H26O3/c1-6-19-16(18)8-7-9-20-15-10-13(4)17(12(2)3)14(5)11-15/h10-12H,6-9H2,1-5H3. The van der Waals surface area contributed by atoms with Crippen molar-refractivity contribution in [3.8, 4) is 5.75 Å². The number of carbonyl (C=O) groups excluding carboxylic acids is 1. The summed E-state index contributed by atoms with van der Waals surface area (Å²) in [4.78, 5) is 11.2. The van der Waals surface area contributed by atoms with Gasteiger partial charge in [0.2, 0.25) is 0 Å². The maximum Gasteiger partial charge on any atom is 0.305 e.